The Bertz CT molecular complexity index is 1070. The fourth-order valence-corrected chi connectivity index (χ4v) is 4.58. The molecule has 0 saturated heterocycles. The van der Waals surface area contributed by atoms with Crippen molar-refractivity contribution in [3.8, 4) is 0 Å². The molecule has 2 aromatic heterocycles. The average Bonchev–Trinajstić information content (AvgIpc) is 3.08. The molecule has 6 nitrogen and oxygen atoms in total. The largest absolute Gasteiger partial charge is 0.286 e. The zero-order valence-corrected chi connectivity index (χ0v) is 15.8. The summed E-state index contributed by atoms with van der Waals surface area (Å²) in [6.07, 6.45) is 7.23. The minimum Gasteiger partial charge on any atom is -0.286 e. The van der Waals surface area contributed by atoms with E-state index in [1.807, 2.05) is 30.3 Å². The summed E-state index contributed by atoms with van der Waals surface area (Å²) in [7, 11) is 0. The van der Waals surface area contributed by atoms with Crippen molar-refractivity contribution in [2.24, 2.45) is 5.10 Å². The number of carbonyl (C=O) groups excluding carboxylic acids is 1. The van der Waals surface area contributed by atoms with E-state index < -0.39 is 6.04 Å². The minimum absolute atomic E-state index is 0.144. The third kappa shape index (κ3) is 3.42. The van der Waals surface area contributed by atoms with Crippen LogP contribution in [-0.2, 0) is 17.6 Å². The van der Waals surface area contributed by atoms with E-state index in [0.717, 1.165) is 41.6 Å². The molecule has 0 radical (unpaired) electrons. The van der Waals surface area contributed by atoms with E-state index >= 15 is 0 Å². The predicted molar refractivity (Wildman–Crippen MR) is 107 cm³/mol. The van der Waals surface area contributed by atoms with Crippen LogP contribution in [0.3, 0.4) is 0 Å². The van der Waals surface area contributed by atoms with Gasteiger partial charge in [-0.1, -0.05) is 30.3 Å². The molecule has 2 heterocycles. The maximum Gasteiger partial charge on any atom is 0.263 e. The van der Waals surface area contributed by atoms with Crippen LogP contribution in [0.25, 0.3) is 10.2 Å². The average molecular weight is 380 g/mol. The highest BCUT2D eigenvalue weighted by molar-refractivity contribution is 7.18. The Morgan fingerprint density at radius 1 is 1.30 bits per heavy atom. The molecule has 1 atom stereocenters. The van der Waals surface area contributed by atoms with Gasteiger partial charge in [-0.25, -0.2) is 10.4 Å². The lowest BCUT2D eigenvalue weighted by Gasteiger charge is -2.14. The summed E-state index contributed by atoms with van der Waals surface area (Å²) in [5, 5.41) is 4.67. The number of carbonyl (C=O) groups is 1. The number of fused-ring (bicyclic) bond motifs is 3. The van der Waals surface area contributed by atoms with Gasteiger partial charge in [0.25, 0.3) is 11.5 Å². The number of rotatable bonds is 4. The van der Waals surface area contributed by atoms with Gasteiger partial charge in [-0.05, 0) is 43.7 Å². The number of hydrogen-bond acceptors (Lipinski definition) is 5. The summed E-state index contributed by atoms with van der Waals surface area (Å²) in [4.78, 5) is 31.9. The van der Waals surface area contributed by atoms with Gasteiger partial charge in [0, 0.05) is 4.88 Å². The Balaban J connectivity index is 1.58. The second kappa shape index (κ2) is 7.44. The maximum atomic E-state index is 13.0. The first kappa shape index (κ1) is 17.6. The molecule has 1 amide bonds. The van der Waals surface area contributed by atoms with Crippen molar-refractivity contribution in [2.75, 3.05) is 0 Å². The molecule has 0 spiro atoms. The SMILES string of the molecule is CC(C(=O)NN=Cc1ccccc1)n1cnc2sc3c(c2c1=O)CCCC3. The Morgan fingerprint density at radius 2 is 2.07 bits per heavy atom. The fourth-order valence-electron chi connectivity index (χ4n) is 3.36. The molecule has 7 heteroatoms. The highest BCUT2D eigenvalue weighted by Gasteiger charge is 2.23. The van der Waals surface area contributed by atoms with E-state index in [2.05, 4.69) is 15.5 Å². The van der Waals surface area contributed by atoms with E-state index in [4.69, 9.17) is 0 Å². The summed E-state index contributed by atoms with van der Waals surface area (Å²) in [5.74, 6) is -0.352. The van der Waals surface area contributed by atoms with Crippen LogP contribution in [0.2, 0.25) is 0 Å². The molecule has 0 aliphatic heterocycles. The smallest absolute Gasteiger partial charge is 0.263 e. The van der Waals surface area contributed by atoms with Crippen molar-refractivity contribution in [2.45, 2.75) is 38.6 Å². The predicted octanol–water partition coefficient (Wildman–Crippen LogP) is 3.05. The third-order valence-electron chi connectivity index (χ3n) is 4.89. The second-order valence-electron chi connectivity index (χ2n) is 6.67. The molecule has 0 bridgehead atoms. The van der Waals surface area contributed by atoms with Crippen molar-refractivity contribution in [1.82, 2.24) is 15.0 Å². The van der Waals surface area contributed by atoms with Crippen LogP contribution in [0, 0.1) is 0 Å². The summed E-state index contributed by atoms with van der Waals surface area (Å²) in [6, 6.07) is 8.79. The molecular weight excluding hydrogens is 360 g/mol. The van der Waals surface area contributed by atoms with E-state index in [1.165, 1.54) is 15.8 Å². The van der Waals surface area contributed by atoms with Gasteiger partial charge < -0.3 is 0 Å². The Morgan fingerprint density at radius 3 is 2.89 bits per heavy atom. The van der Waals surface area contributed by atoms with Gasteiger partial charge >= 0.3 is 0 Å². The maximum absolute atomic E-state index is 13.0. The van der Waals surface area contributed by atoms with Crippen molar-refractivity contribution < 1.29 is 4.79 Å². The molecule has 1 aromatic carbocycles. The van der Waals surface area contributed by atoms with Crippen LogP contribution < -0.4 is 11.0 Å². The normalized spacial score (nSPS) is 15.0. The number of hydrogen-bond donors (Lipinski definition) is 1. The molecule has 27 heavy (non-hydrogen) atoms. The van der Waals surface area contributed by atoms with Gasteiger partial charge in [0.15, 0.2) is 0 Å². The number of thiophene rings is 1. The number of benzene rings is 1. The Labute approximate surface area is 160 Å². The highest BCUT2D eigenvalue weighted by Crippen LogP contribution is 2.33. The first-order valence-corrected chi connectivity index (χ1v) is 9.86. The lowest BCUT2D eigenvalue weighted by molar-refractivity contribution is -0.123. The third-order valence-corrected chi connectivity index (χ3v) is 6.08. The van der Waals surface area contributed by atoms with Crippen molar-refractivity contribution in [3.63, 3.8) is 0 Å². The van der Waals surface area contributed by atoms with Gasteiger partial charge in [0.05, 0.1) is 17.9 Å². The quantitative estimate of drug-likeness (QED) is 0.558. The number of hydrazone groups is 1. The van der Waals surface area contributed by atoms with Crippen LogP contribution in [0.4, 0.5) is 0 Å². The van der Waals surface area contributed by atoms with Gasteiger partial charge in [0.2, 0.25) is 0 Å². The number of aromatic nitrogens is 2. The minimum atomic E-state index is -0.693. The van der Waals surface area contributed by atoms with Crippen molar-refractivity contribution in [3.05, 3.63) is 63.0 Å². The van der Waals surface area contributed by atoms with Crippen molar-refractivity contribution in [1.29, 1.82) is 0 Å². The topological polar surface area (TPSA) is 76.3 Å². The molecule has 0 fully saturated rings. The number of amides is 1. The summed E-state index contributed by atoms with van der Waals surface area (Å²) in [6.45, 7) is 1.68. The fraction of sp³-hybridized carbons (Fsp3) is 0.300. The summed E-state index contributed by atoms with van der Waals surface area (Å²) < 4.78 is 1.40. The van der Waals surface area contributed by atoms with Crippen molar-refractivity contribution >= 4 is 33.7 Å². The second-order valence-corrected chi connectivity index (χ2v) is 7.75. The monoisotopic (exact) mass is 380 g/mol. The summed E-state index contributed by atoms with van der Waals surface area (Å²) >= 11 is 1.61. The zero-order chi connectivity index (χ0) is 18.8. The van der Waals surface area contributed by atoms with Gasteiger partial charge in [-0.2, -0.15) is 5.10 Å². The number of nitrogens with zero attached hydrogens (tertiary/aromatic N) is 3. The van der Waals surface area contributed by atoms with Crippen LogP contribution in [0.1, 0.15) is 41.8 Å². The molecular formula is C20H20N4O2S. The van der Waals surface area contributed by atoms with Crippen LogP contribution in [0.15, 0.2) is 46.6 Å². The standard InChI is InChI=1S/C20H20N4O2S/c1-13(18(25)23-22-11-14-7-3-2-4-8-14)24-12-21-19-17(20(24)26)15-9-5-6-10-16(15)27-19/h2-4,7-8,11-13H,5-6,9-10H2,1H3,(H,23,25). The first-order valence-electron chi connectivity index (χ1n) is 9.04. The number of aryl methyl sites for hydroxylation is 2. The van der Waals surface area contributed by atoms with E-state index in [0.29, 0.717) is 5.39 Å². The molecule has 138 valence electrons. The molecule has 1 N–H and O–H groups in total. The number of nitrogens with one attached hydrogen (secondary N) is 1. The lowest BCUT2D eigenvalue weighted by Crippen LogP contribution is -2.34. The van der Waals surface area contributed by atoms with E-state index in [1.54, 1.807) is 24.5 Å². The Hall–Kier alpha value is -2.80. The molecule has 1 unspecified atom stereocenters. The first-order chi connectivity index (χ1) is 13.1. The summed E-state index contributed by atoms with van der Waals surface area (Å²) in [5.41, 5.74) is 4.37. The van der Waals surface area contributed by atoms with Crippen LogP contribution in [0.5, 0.6) is 0 Å². The molecule has 3 aromatic rings. The molecule has 4 rings (SSSR count). The Kier molecular flexibility index (Phi) is 4.85. The van der Waals surface area contributed by atoms with Gasteiger partial charge in [0.1, 0.15) is 10.9 Å². The van der Waals surface area contributed by atoms with Gasteiger partial charge in [-0.15, -0.1) is 11.3 Å². The molecule has 1 aliphatic rings. The van der Waals surface area contributed by atoms with E-state index in [9.17, 15) is 9.59 Å². The highest BCUT2D eigenvalue weighted by atomic mass is 32.1. The lowest BCUT2D eigenvalue weighted by atomic mass is 9.97. The molecule has 1 aliphatic carbocycles. The van der Waals surface area contributed by atoms with Crippen LogP contribution >= 0.6 is 11.3 Å². The van der Waals surface area contributed by atoms with E-state index in [-0.39, 0.29) is 11.5 Å². The molecule has 0 saturated carbocycles. The zero-order valence-electron chi connectivity index (χ0n) is 15.0. The van der Waals surface area contributed by atoms with Gasteiger partial charge in [-0.3, -0.25) is 14.2 Å². The van der Waals surface area contributed by atoms with Crippen LogP contribution in [-0.4, -0.2) is 21.7 Å².